The number of benzene rings is 1. The van der Waals surface area contributed by atoms with E-state index in [4.69, 9.17) is 4.74 Å². The fraction of sp³-hybridized carbons (Fsp3) is 0.455. The van der Waals surface area contributed by atoms with Gasteiger partial charge in [0, 0.05) is 25.1 Å². The molecule has 5 heteroatoms. The number of ether oxygens (including phenoxy) is 1. The van der Waals surface area contributed by atoms with Gasteiger partial charge in [-0.05, 0) is 29.6 Å². The van der Waals surface area contributed by atoms with Gasteiger partial charge in [0.15, 0.2) is 0 Å². The second-order valence-corrected chi connectivity index (χ2v) is 4.70. The van der Waals surface area contributed by atoms with Gasteiger partial charge in [0.1, 0.15) is 0 Å². The molecule has 1 aliphatic heterocycles. The summed E-state index contributed by atoms with van der Waals surface area (Å²) in [5, 5.41) is 0. The third-order valence-corrected chi connectivity index (χ3v) is 3.57. The third-order valence-electron chi connectivity index (χ3n) is 2.86. The van der Waals surface area contributed by atoms with E-state index in [2.05, 4.69) is 4.90 Å². The Bertz CT molecular complexity index is 397. The Morgan fingerprint density at radius 2 is 2.25 bits per heavy atom. The molecule has 16 heavy (non-hydrogen) atoms. The standard InChI is InChI=1S/C11H15NO3S/c1-15-9-6-7-12(8-9)10-4-2-3-5-11(10)16(13)14/h2-5,9H,6-8H2,1H3,(H,13,14)/p-1. The molecule has 1 heterocycles. The van der Waals surface area contributed by atoms with Crippen molar-refractivity contribution in [2.45, 2.75) is 17.4 Å². The lowest BCUT2D eigenvalue weighted by Crippen LogP contribution is -2.23. The van der Waals surface area contributed by atoms with Crippen molar-refractivity contribution >= 4 is 16.8 Å². The van der Waals surface area contributed by atoms with Gasteiger partial charge >= 0.3 is 0 Å². The Kier molecular flexibility index (Phi) is 3.58. The number of anilines is 1. The van der Waals surface area contributed by atoms with Crippen LogP contribution in [0.15, 0.2) is 29.2 Å². The summed E-state index contributed by atoms with van der Waals surface area (Å²) >= 11 is -2.18. The Labute approximate surface area is 97.5 Å². The number of para-hydroxylation sites is 1. The molecule has 4 nitrogen and oxygen atoms in total. The van der Waals surface area contributed by atoms with E-state index in [0.717, 1.165) is 25.2 Å². The Balaban J connectivity index is 2.24. The van der Waals surface area contributed by atoms with Crippen LogP contribution in [-0.4, -0.2) is 35.1 Å². The summed E-state index contributed by atoms with van der Waals surface area (Å²) in [5.41, 5.74) is 0.774. The van der Waals surface area contributed by atoms with Crippen molar-refractivity contribution in [3.05, 3.63) is 24.3 Å². The van der Waals surface area contributed by atoms with Gasteiger partial charge < -0.3 is 14.2 Å². The monoisotopic (exact) mass is 240 g/mol. The molecule has 1 aliphatic rings. The van der Waals surface area contributed by atoms with Crippen LogP contribution in [0.3, 0.4) is 0 Å². The molecule has 0 N–H and O–H groups in total. The highest BCUT2D eigenvalue weighted by molar-refractivity contribution is 7.79. The lowest BCUT2D eigenvalue weighted by atomic mass is 10.3. The van der Waals surface area contributed by atoms with E-state index in [1.54, 1.807) is 19.2 Å². The van der Waals surface area contributed by atoms with Crippen molar-refractivity contribution in [1.29, 1.82) is 0 Å². The predicted octanol–water partition coefficient (Wildman–Crippen LogP) is 1.15. The van der Waals surface area contributed by atoms with Gasteiger partial charge in [-0.25, -0.2) is 0 Å². The van der Waals surface area contributed by atoms with Crippen molar-refractivity contribution in [2.24, 2.45) is 0 Å². The highest BCUT2D eigenvalue weighted by atomic mass is 32.2. The average Bonchev–Trinajstić information content (AvgIpc) is 2.77. The third kappa shape index (κ3) is 2.26. The van der Waals surface area contributed by atoms with Crippen LogP contribution in [0.1, 0.15) is 6.42 Å². The second-order valence-electron chi connectivity index (χ2n) is 3.79. The predicted molar refractivity (Wildman–Crippen MR) is 61.3 cm³/mol. The molecule has 0 aliphatic carbocycles. The average molecular weight is 240 g/mol. The summed E-state index contributed by atoms with van der Waals surface area (Å²) in [7, 11) is 1.69. The first-order chi connectivity index (χ1) is 7.72. The zero-order valence-electron chi connectivity index (χ0n) is 9.09. The largest absolute Gasteiger partial charge is 0.768 e. The summed E-state index contributed by atoms with van der Waals surface area (Å²) in [6, 6.07) is 7.05. The molecule has 88 valence electrons. The van der Waals surface area contributed by atoms with Gasteiger partial charge in [0.25, 0.3) is 0 Å². The summed E-state index contributed by atoms with van der Waals surface area (Å²) in [5.74, 6) is 0. The quantitative estimate of drug-likeness (QED) is 0.744. The van der Waals surface area contributed by atoms with Crippen molar-refractivity contribution in [3.8, 4) is 0 Å². The number of nitrogens with zero attached hydrogens (tertiary/aromatic N) is 1. The smallest absolute Gasteiger partial charge is 0.0762 e. The molecular weight excluding hydrogens is 226 g/mol. The number of hydrogen-bond acceptors (Lipinski definition) is 4. The van der Waals surface area contributed by atoms with Gasteiger partial charge in [-0.15, -0.1) is 0 Å². The number of hydrogen-bond donors (Lipinski definition) is 0. The summed E-state index contributed by atoms with van der Waals surface area (Å²) in [4.78, 5) is 2.42. The van der Waals surface area contributed by atoms with Crippen molar-refractivity contribution in [2.75, 3.05) is 25.1 Å². The SMILES string of the molecule is COC1CCN(c2ccccc2S(=O)[O-])C1. The molecule has 0 amide bonds. The fourth-order valence-electron chi connectivity index (χ4n) is 2.00. The molecule has 0 saturated carbocycles. The minimum Gasteiger partial charge on any atom is -0.768 e. The first-order valence-corrected chi connectivity index (χ1v) is 6.26. The summed E-state index contributed by atoms with van der Waals surface area (Å²) < 4.78 is 27.4. The van der Waals surface area contributed by atoms with Crippen molar-refractivity contribution in [3.63, 3.8) is 0 Å². The van der Waals surface area contributed by atoms with Crippen LogP contribution in [-0.2, 0) is 15.8 Å². The van der Waals surface area contributed by atoms with Gasteiger partial charge in [-0.1, -0.05) is 12.1 Å². The van der Waals surface area contributed by atoms with E-state index in [1.165, 1.54) is 0 Å². The van der Waals surface area contributed by atoms with E-state index >= 15 is 0 Å². The first-order valence-electron chi connectivity index (χ1n) is 5.18. The van der Waals surface area contributed by atoms with Gasteiger partial charge in [-0.2, -0.15) is 0 Å². The molecular formula is C11H14NO3S-. The molecule has 0 spiro atoms. The molecule has 1 aromatic rings. The molecule has 0 bridgehead atoms. The van der Waals surface area contributed by atoms with Crippen LogP contribution in [0.5, 0.6) is 0 Å². The fourth-order valence-corrected chi connectivity index (χ4v) is 2.56. The van der Waals surface area contributed by atoms with Crippen LogP contribution in [0.25, 0.3) is 0 Å². The molecule has 0 radical (unpaired) electrons. The lowest BCUT2D eigenvalue weighted by molar-refractivity contribution is 0.121. The molecule has 1 fully saturated rings. The van der Waals surface area contributed by atoms with Crippen LogP contribution in [0.2, 0.25) is 0 Å². The van der Waals surface area contributed by atoms with E-state index in [9.17, 15) is 8.76 Å². The highest BCUT2D eigenvalue weighted by Gasteiger charge is 2.23. The minimum absolute atomic E-state index is 0.202. The maximum Gasteiger partial charge on any atom is 0.0762 e. The topological polar surface area (TPSA) is 52.6 Å². The van der Waals surface area contributed by atoms with Gasteiger partial charge in [0.2, 0.25) is 0 Å². The van der Waals surface area contributed by atoms with Crippen LogP contribution >= 0.6 is 0 Å². The maximum atomic E-state index is 11.1. The van der Waals surface area contributed by atoms with Crippen molar-refractivity contribution < 1.29 is 13.5 Å². The Morgan fingerprint density at radius 1 is 1.50 bits per heavy atom. The zero-order chi connectivity index (χ0) is 11.5. The van der Waals surface area contributed by atoms with E-state index in [0.29, 0.717) is 4.90 Å². The van der Waals surface area contributed by atoms with E-state index in [-0.39, 0.29) is 6.10 Å². The van der Waals surface area contributed by atoms with Gasteiger partial charge in [-0.3, -0.25) is 4.21 Å². The molecule has 2 rings (SSSR count). The first kappa shape index (κ1) is 11.6. The zero-order valence-corrected chi connectivity index (χ0v) is 9.90. The van der Waals surface area contributed by atoms with Crippen LogP contribution in [0, 0.1) is 0 Å². The second kappa shape index (κ2) is 4.95. The lowest BCUT2D eigenvalue weighted by Gasteiger charge is -2.22. The molecule has 1 aromatic carbocycles. The Morgan fingerprint density at radius 3 is 2.88 bits per heavy atom. The van der Waals surface area contributed by atoms with Crippen molar-refractivity contribution in [1.82, 2.24) is 0 Å². The Hall–Kier alpha value is -0.910. The minimum atomic E-state index is -2.18. The number of rotatable bonds is 3. The van der Waals surface area contributed by atoms with E-state index in [1.807, 2.05) is 12.1 Å². The van der Waals surface area contributed by atoms with E-state index < -0.39 is 11.1 Å². The van der Waals surface area contributed by atoms with Gasteiger partial charge in [0.05, 0.1) is 11.8 Å². The van der Waals surface area contributed by atoms with Crippen LogP contribution < -0.4 is 4.90 Å². The normalized spacial score (nSPS) is 22.4. The highest BCUT2D eigenvalue weighted by Crippen LogP contribution is 2.27. The molecule has 1 saturated heterocycles. The molecule has 2 atom stereocenters. The maximum absolute atomic E-state index is 11.1. The summed E-state index contributed by atoms with van der Waals surface area (Å²) in [6.45, 7) is 1.59. The van der Waals surface area contributed by atoms with Crippen LogP contribution in [0.4, 0.5) is 5.69 Å². The molecule has 2 unspecified atom stereocenters. The number of methoxy groups -OCH3 is 1. The summed E-state index contributed by atoms with van der Waals surface area (Å²) in [6.07, 6.45) is 1.14. The molecule has 0 aromatic heterocycles.